The smallest absolute Gasteiger partial charge is 0.119 e. The van der Waals surface area contributed by atoms with Crippen molar-refractivity contribution < 1.29 is 4.74 Å². The van der Waals surface area contributed by atoms with Crippen LogP contribution in [0.4, 0.5) is 0 Å². The molecule has 0 spiro atoms. The fraction of sp³-hybridized carbons (Fsp3) is 0.421. The highest BCUT2D eigenvalue weighted by Crippen LogP contribution is 2.23. The van der Waals surface area contributed by atoms with Gasteiger partial charge in [0.25, 0.3) is 0 Å². The lowest BCUT2D eigenvalue weighted by molar-refractivity contribution is 0.415. The third-order valence-corrected chi connectivity index (χ3v) is 4.08. The van der Waals surface area contributed by atoms with Crippen LogP contribution in [0.2, 0.25) is 0 Å². The highest BCUT2D eigenvalue weighted by molar-refractivity contribution is 5.83. The summed E-state index contributed by atoms with van der Waals surface area (Å²) < 4.78 is 5.34. The Morgan fingerprint density at radius 3 is 2.68 bits per heavy atom. The highest BCUT2D eigenvalue weighted by Gasteiger charge is 2.05. The Balaban J connectivity index is 2.16. The Kier molecular flexibility index (Phi) is 5.82. The lowest BCUT2D eigenvalue weighted by Gasteiger charge is -2.17. The van der Waals surface area contributed by atoms with Gasteiger partial charge in [-0.05, 0) is 55.3 Å². The zero-order valence-electron chi connectivity index (χ0n) is 14.1. The summed E-state index contributed by atoms with van der Waals surface area (Å²) in [6, 6.07) is 8.17. The van der Waals surface area contributed by atoms with Gasteiger partial charge in [0.15, 0.2) is 0 Å². The Morgan fingerprint density at radius 2 is 2.00 bits per heavy atom. The molecule has 0 fully saturated rings. The number of nitrogens with zero attached hydrogens (tertiary/aromatic N) is 2. The molecule has 2 aromatic rings. The van der Waals surface area contributed by atoms with Crippen LogP contribution in [0, 0.1) is 0 Å². The molecule has 1 heterocycles. The average molecular weight is 298 g/mol. The number of allylic oxidation sites excluding steroid dienone is 1. The van der Waals surface area contributed by atoms with E-state index in [1.807, 2.05) is 18.3 Å². The minimum absolute atomic E-state index is 0.884. The number of benzene rings is 1. The number of rotatable bonds is 7. The highest BCUT2D eigenvalue weighted by atomic mass is 16.5. The largest absolute Gasteiger partial charge is 0.497 e. The van der Waals surface area contributed by atoms with Crippen molar-refractivity contribution in [2.45, 2.75) is 33.1 Å². The lowest BCUT2D eigenvalue weighted by atomic mass is 10.1. The summed E-state index contributed by atoms with van der Waals surface area (Å²) in [6.07, 6.45) is 7.42. The molecule has 0 amide bonds. The topological polar surface area (TPSA) is 25.4 Å². The van der Waals surface area contributed by atoms with E-state index in [4.69, 9.17) is 4.74 Å². The molecule has 0 aliphatic rings. The molecule has 0 saturated carbocycles. The maximum atomic E-state index is 5.34. The van der Waals surface area contributed by atoms with E-state index in [2.05, 4.69) is 49.1 Å². The number of fused-ring (bicyclic) bond motifs is 1. The summed E-state index contributed by atoms with van der Waals surface area (Å²) in [5.74, 6) is 0.884. The molecular formula is C19H26N2O. The van der Waals surface area contributed by atoms with Crippen molar-refractivity contribution in [1.82, 2.24) is 9.88 Å². The van der Waals surface area contributed by atoms with Gasteiger partial charge in [0, 0.05) is 25.2 Å². The number of methoxy groups -OCH3 is 1. The number of hydrogen-bond acceptors (Lipinski definition) is 3. The lowest BCUT2D eigenvalue weighted by Crippen LogP contribution is -2.15. The number of pyridine rings is 1. The van der Waals surface area contributed by atoms with Crippen LogP contribution in [-0.4, -0.2) is 30.6 Å². The quantitative estimate of drug-likeness (QED) is 0.756. The standard InChI is InChI=1S/C19H26N2O/c1-5-15(6-2)14-21(3)12-10-16-9-11-20-19-8-7-17(22-4)13-18(16)19/h7-9,11,13-14H,5-6,10,12H2,1-4H3. The summed E-state index contributed by atoms with van der Waals surface area (Å²) in [7, 11) is 3.85. The van der Waals surface area contributed by atoms with E-state index in [-0.39, 0.29) is 0 Å². The number of hydrogen-bond donors (Lipinski definition) is 0. The molecule has 0 aliphatic carbocycles. The van der Waals surface area contributed by atoms with Crippen LogP contribution in [-0.2, 0) is 6.42 Å². The van der Waals surface area contributed by atoms with E-state index in [9.17, 15) is 0 Å². The Hall–Kier alpha value is -2.03. The summed E-state index contributed by atoms with van der Waals surface area (Å²) >= 11 is 0. The first-order valence-electron chi connectivity index (χ1n) is 7.99. The summed E-state index contributed by atoms with van der Waals surface area (Å²) in [6.45, 7) is 5.43. The van der Waals surface area contributed by atoms with E-state index in [0.717, 1.165) is 37.1 Å². The fourth-order valence-corrected chi connectivity index (χ4v) is 2.63. The van der Waals surface area contributed by atoms with Crippen molar-refractivity contribution in [3.05, 3.63) is 47.8 Å². The van der Waals surface area contributed by atoms with Gasteiger partial charge in [0.2, 0.25) is 0 Å². The van der Waals surface area contributed by atoms with Gasteiger partial charge in [-0.3, -0.25) is 4.98 Å². The first-order valence-corrected chi connectivity index (χ1v) is 7.99. The van der Waals surface area contributed by atoms with Gasteiger partial charge in [-0.25, -0.2) is 0 Å². The predicted octanol–water partition coefficient (Wildman–Crippen LogP) is 4.42. The molecule has 0 radical (unpaired) electrons. The number of ether oxygens (including phenoxy) is 1. The molecule has 0 unspecified atom stereocenters. The zero-order valence-corrected chi connectivity index (χ0v) is 14.1. The number of likely N-dealkylation sites (N-methyl/N-ethyl adjacent to an activating group) is 1. The molecule has 22 heavy (non-hydrogen) atoms. The van der Waals surface area contributed by atoms with E-state index >= 15 is 0 Å². The first kappa shape index (κ1) is 16.3. The van der Waals surface area contributed by atoms with Crippen molar-refractivity contribution >= 4 is 10.9 Å². The van der Waals surface area contributed by atoms with Gasteiger partial charge in [-0.15, -0.1) is 0 Å². The molecule has 1 aromatic carbocycles. The van der Waals surface area contributed by atoms with Gasteiger partial charge < -0.3 is 9.64 Å². The van der Waals surface area contributed by atoms with Crippen molar-refractivity contribution in [1.29, 1.82) is 0 Å². The predicted molar refractivity (Wildman–Crippen MR) is 93.3 cm³/mol. The normalized spacial score (nSPS) is 10.5. The van der Waals surface area contributed by atoms with Crippen LogP contribution in [0.3, 0.4) is 0 Å². The molecule has 2 rings (SSSR count). The van der Waals surface area contributed by atoms with Crippen LogP contribution < -0.4 is 4.74 Å². The third-order valence-electron chi connectivity index (χ3n) is 4.08. The Morgan fingerprint density at radius 1 is 1.23 bits per heavy atom. The van der Waals surface area contributed by atoms with Gasteiger partial charge in [0.1, 0.15) is 5.75 Å². The molecule has 3 nitrogen and oxygen atoms in total. The van der Waals surface area contributed by atoms with Gasteiger partial charge in [0.05, 0.1) is 12.6 Å². The van der Waals surface area contributed by atoms with Crippen LogP contribution >= 0.6 is 0 Å². The van der Waals surface area contributed by atoms with Crippen molar-refractivity contribution in [2.24, 2.45) is 0 Å². The molecule has 0 aliphatic heterocycles. The molecule has 0 atom stereocenters. The Bertz CT molecular complexity index is 643. The molecule has 1 aromatic heterocycles. The SMILES string of the molecule is CCC(=CN(C)CCc1ccnc2ccc(OC)cc12)CC. The molecule has 0 bridgehead atoms. The van der Waals surface area contributed by atoms with Crippen LogP contribution in [0.15, 0.2) is 42.2 Å². The van der Waals surface area contributed by atoms with Crippen LogP contribution in [0.25, 0.3) is 10.9 Å². The summed E-state index contributed by atoms with van der Waals surface area (Å²) in [5, 5.41) is 1.19. The summed E-state index contributed by atoms with van der Waals surface area (Å²) in [5.41, 5.74) is 3.83. The van der Waals surface area contributed by atoms with Crippen LogP contribution in [0.5, 0.6) is 5.75 Å². The molecular weight excluding hydrogens is 272 g/mol. The van der Waals surface area contributed by atoms with Crippen molar-refractivity contribution in [3.8, 4) is 5.75 Å². The average Bonchev–Trinajstić information content (AvgIpc) is 2.57. The van der Waals surface area contributed by atoms with Gasteiger partial charge in [-0.1, -0.05) is 19.4 Å². The zero-order chi connectivity index (χ0) is 15.9. The first-order chi connectivity index (χ1) is 10.7. The second-order valence-electron chi connectivity index (χ2n) is 5.58. The van der Waals surface area contributed by atoms with Gasteiger partial charge in [-0.2, -0.15) is 0 Å². The van der Waals surface area contributed by atoms with Crippen molar-refractivity contribution in [3.63, 3.8) is 0 Å². The molecule has 0 N–H and O–H groups in total. The van der Waals surface area contributed by atoms with E-state index in [1.165, 1.54) is 16.5 Å². The van der Waals surface area contributed by atoms with Crippen LogP contribution in [0.1, 0.15) is 32.3 Å². The minimum atomic E-state index is 0.884. The maximum absolute atomic E-state index is 5.34. The van der Waals surface area contributed by atoms with E-state index < -0.39 is 0 Å². The maximum Gasteiger partial charge on any atom is 0.119 e. The molecule has 118 valence electrons. The van der Waals surface area contributed by atoms with E-state index in [1.54, 1.807) is 7.11 Å². The van der Waals surface area contributed by atoms with Crippen molar-refractivity contribution in [2.75, 3.05) is 20.7 Å². The van der Waals surface area contributed by atoms with Gasteiger partial charge >= 0.3 is 0 Å². The number of aromatic nitrogens is 1. The summed E-state index contributed by atoms with van der Waals surface area (Å²) in [4.78, 5) is 6.72. The third kappa shape index (κ3) is 4.00. The second kappa shape index (κ2) is 7.83. The van der Waals surface area contributed by atoms with E-state index in [0.29, 0.717) is 0 Å². The molecule has 0 saturated heterocycles. The minimum Gasteiger partial charge on any atom is -0.497 e. The monoisotopic (exact) mass is 298 g/mol. The second-order valence-corrected chi connectivity index (χ2v) is 5.58. The molecule has 3 heteroatoms. The fourth-order valence-electron chi connectivity index (χ4n) is 2.63. The Labute approximate surface area is 133 Å².